The van der Waals surface area contributed by atoms with Crippen LogP contribution in [-0.4, -0.2) is 47.4 Å². The Labute approximate surface area is 526 Å². The molecule has 1 amide bonds. The standard InChI is InChI=1S/C78H151NO5/c1-3-5-7-9-11-13-15-16-17-18-38-42-45-48-52-56-60-64-68-72-78(83)84-73-69-65-61-57-53-49-46-43-40-37-35-33-31-29-27-25-23-21-19-20-22-24-26-28-30-32-34-36-39-41-44-47-51-55-59-63-67-71-77(82)79-75(74-80)76(81)70-66-62-58-54-50-14-12-10-8-6-4-2/h11,13,16-17,75-76,80-81H,3-10,12,14-15,18-74H2,1-2H3,(H,79,82)/b13-11-,17-16-. The smallest absolute Gasteiger partial charge is 0.305 e. The Balaban J connectivity index is 3.27. The van der Waals surface area contributed by atoms with Gasteiger partial charge in [-0.2, -0.15) is 0 Å². The van der Waals surface area contributed by atoms with E-state index >= 15 is 0 Å². The average Bonchev–Trinajstić information content (AvgIpc) is 3.53. The first-order chi connectivity index (χ1) is 41.5. The maximum Gasteiger partial charge on any atom is 0.305 e. The Kier molecular flexibility index (Phi) is 72.3. The van der Waals surface area contributed by atoms with Crippen LogP contribution in [0.4, 0.5) is 0 Å². The summed E-state index contributed by atoms with van der Waals surface area (Å²) < 4.78 is 5.52. The third-order valence-electron chi connectivity index (χ3n) is 18.3. The number of aliphatic hydroxyl groups excluding tert-OH is 2. The predicted octanol–water partition coefficient (Wildman–Crippen LogP) is 25.3. The minimum Gasteiger partial charge on any atom is -0.466 e. The van der Waals surface area contributed by atoms with Crippen molar-refractivity contribution in [3.05, 3.63) is 24.3 Å². The Morgan fingerprint density at radius 3 is 0.929 bits per heavy atom. The number of ether oxygens (including phenoxy) is 1. The van der Waals surface area contributed by atoms with Crippen LogP contribution in [0.3, 0.4) is 0 Å². The molecule has 0 heterocycles. The fourth-order valence-electron chi connectivity index (χ4n) is 12.4. The van der Waals surface area contributed by atoms with Crippen LogP contribution in [0, 0.1) is 0 Å². The van der Waals surface area contributed by atoms with Crippen LogP contribution in [0.25, 0.3) is 0 Å². The van der Waals surface area contributed by atoms with E-state index < -0.39 is 12.1 Å². The van der Waals surface area contributed by atoms with Gasteiger partial charge >= 0.3 is 5.97 Å². The summed E-state index contributed by atoms with van der Waals surface area (Å²) in [5, 5.41) is 23.2. The van der Waals surface area contributed by atoms with Crippen molar-refractivity contribution in [1.29, 1.82) is 0 Å². The number of rotatable bonds is 73. The molecule has 3 N–H and O–H groups in total. The van der Waals surface area contributed by atoms with Crippen LogP contribution < -0.4 is 5.32 Å². The zero-order valence-corrected chi connectivity index (χ0v) is 57.2. The Morgan fingerprint density at radius 2 is 0.595 bits per heavy atom. The minimum absolute atomic E-state index is 0.0203. The second-order valence-corrected chi connectivity index (χ2v) is 26.7. The van der Waals surface area contributed by atoms with E-state index in [-0.39, 0.29) is 18.5 Å². The molecule has 0 radical (unpaired) electrons. The van der Waals surface area contributed by atoms with Crippen LogP contribution in [0.15, 0.2) is 24.3 Å². The molecule has 0 bridgehead atoms. The summed E-state index contributed by atoms with van der Waals surface area (Å²) >= 11 is 0. The SMILES string of the molecule is CCCCC/C=C\C/C=C\CCCCCCCCCCCC(=O)OCCCCCCCCCCCCCCCCCCCCCCCCCCCCCCCCCCCCCCCC(=O)NC(CO)C(O)CCCCCCCCCCCCC. The van der Waals surface area contributed by atoms with Gasteiger partial charge < -0.3 is 20.3 Å². The predicted molar refractivity (Wildman–Crippen MR) is 370 cm³/mol. The Bertz CT molecular complexity index is 1320. The first-order valence-corrected chi connectivity index (χ1v) is 38.6. The molecule has 0 rings (SSSR count). The third-order valence-corrected chi connectivity index (χ3v) is 18.3. The van der Waals surface area contributed by atoms with Gasteiger partial charge in [-0.25, -0.2) is 0 Å². The van der Waals surface area contributed by atoms with E-state index in [4.69, 9.17) is 4.74 Å². The summed E-state index contributed by atoms with van der Waals surface area (Å²) in [7, 11) is 0. The van der Waals surface area contributed by atoms with E-state index in [2.05, 4.69) is 43.5 Å². The zero-order chi connectivity index (χ0) is 60.6. The topological polar surface area (TPSA) is 95.9 Å². The van der Waals surface area contributed by atoms with Crippen molar-refractivity contribution in [2.24, 2.45) is 0 Å². The number of aliphatic hydroxyl groups is 2. The summed E-state index contributed by atoms with van der Waals surface area (Å²) in [5.74, 6) is -0.00750. The van der Waals surface area contributed by atoms with E-state index in [0.29, 0.717) is 25.9 Å². The molecule has 0 aromatic heterocycles. The van der Waals surface area contributed by atoms with E-state index in [9.17, 15) is 19.8 Å². The number of hydrogen-bond donors (Lipinski definition) is 3. The highest BCUT2D eigenvalue weighted by molar-refractivity contribution is 5.76. The number of unbranched alkanes of at least 4 members (excludes halogenated alkanes) is 58. The molecule has 2 atom stereocenters. The molecule has 0 aliphatic heterocycles. The fraction of sp³-hybridized carbons (Fsp3) is 0.923. The first-order valence-electron chi connectivity index (χ1n) is 38.6. The summed E-state index contributed by atoms with van der Waals surface area (Å²) in [6.07, 6.45) is 94.2. The molecule has 0 fully saturated rings. The van der Waals surface area contributed by atoms with E-state index in [0.717, 1.165) is 44.9 Å². The number of esters is 1. The maximum atomic E-state index is 12.5. The highest BCUT2D eigenvalue weighted by atomic mass is 16.5. The molecule has 0 aliphatic carbocycles. The van der Waals surface area contributed by atoms with Gasteiger partial charge in [0.1, 0.15) is 0 Å². The second-order valence-electron chi connectivity index (χ2n) is 26.7. The molecule has 6 nitrogen and oxygen atoms in total. The molecule has 0 aromatic rings. The molecule has 498 valence electrons. The molecule has 0 saturated heterocycles. The molecular weight excluding hydrogens is 1030 g/mol. The number of amides is 1. The quantitative estimate of drug-likeness (QED) is 0.0320. The molecule has 0 aliphatic rings. The van der Waals surface area contributed by atoms with Crippen molar-refractivity contribution < 1.29 is 24.5 Å². The maximum absolute atomic E-state index is 12.5. The van der Waals surface area contributed by atoms with E-state index in [1.54, 1.807) is 0 Å². The summed E-state index contributed by atoms with van der Waals surface area (Å²) in [6.45, 7) is 4.96. The van der Waals surface area contributed by atoms with Gasteiger partial charge in [0.25, 0.3) is 0 Å². The highest BCUT2D eigenvalue weighted by Gasteiger charge is 2.20. The second kappa shape index (κ2) is 73.8. The third kappa shape index (κ3) is 69.4. The van der Waals surface area contributed by atoms with Gasteiger partial charge in [0.2, 0.25) is 5.91 Å². The van der Waals surface area contributed by atoms with Crippen molar-refractivity contribution in [2.75, 3.05) is 13.2 Å². The lowest BCUT2D eigenvalue weighted by molar-refractivity contribution is -0.143. The monoisotopic (exact) mass is 1180 g/mol. The summed E-state index contributed by atoms with van der Waals surface area (Å²) in [6, 6.07) is -0.535. The molecule has 0 spiro atoms. The van der Waals surface area contributed by atoms with Gasteiger partial charge in [-0.3, -0.25) is 9.59 Å². The number of carbonyl (C=O) groups is 2. The molecule has 2 unspecified atom stereocenters. The van der Waals surface area contributed by atoms with Gasteiger partial charge in [-0.05, 0) is 57.8 Å². The van der Waals surface area contributed by atoms with Crippen LogP contribution in [0.1, 0.15) is 438 Å². The van der Waals surface area contributed by atoms with E-state index in [1.165, 1.54) is 360 Å². The van der Waals surface area contributed by atoms with Crippen LogP contribution in [0.2, 0.25) is 0 Å². The first kappa shape index (κ1) is 82.3. The zero-order valence-electron chi connectivity index (χ0n) is 57.2. The minimum atomic E-state index is -0.658. The number of nitrogens with one attached hydrogen (secondary N) is 1. The van der Waals surface area contributed by atoms with Crippen molar-refractivity contribution in [1.82, 2.24) is 5.32 Å². The highest BCUT2D eigenvalue weighted by Crippen LogP contribution is 2.20. The van der Waals surface area contributed by atoms with Crippen molar-refractivity contribution in [2.45, 2.75) is 450 Å². The van der Waals surface area contributed by atoms with Gasteiger partial charge in [0.05, 0.1) is 25.4 Å². The van der Waals surface area contributed by atoms with Crippen molar-refractivity contribution >= 4 is 11.9 Å². The molecular formula is C78H151NO5. The lowest BCUT2D eigenvalue weighted by atomic mass is 10.0. The largest absolute Gasteiger partial charge is 0.466 e. The lowest BCUT2D eigenvalue weighted by Gasteiger charge is -2.22. The Hall–Kier alpha value is -1.66. The van der Waals surface area contributed by atoms with Gasteiger partial charge in [0, 0.05) is 12.8 Å². The van der Waals surface area contributed by atoms with Gasteiger partial charge in [-0.1, -0.05) is 391 Å². The van der Waals surface area contributed by atoms with Gasteiger partial charge in [0.15, 0.2) is 0 Å². The van der Waals surface area contributed by atoms with Crippen molar-refractivity contribution in [3.8, 4) is 0 Å². The summed E-state index contributed by atoms with van der Waals surface area (Å²) in [5.41, 5.74) is 0. The Morgan fingerprint density at radius 1 is 0.333 bits per heavy atom. The summed E-state index contributed by atoms with van der Waals surface area (Å²) in [4.78, 5) is 24.6. The number of carbonyl (C=O) groups excluding carboxylic acids is 2. The molecule has 0 saturated carbocycles. The number of allylic oxidation sites excluding steroid dienone is 4. The normalized spacial score (nSPS) is 12.6. The van der Waals surface area contributed by atoms with Crippen LogP contribution in [-0.2, 0) is 14.3 Å². The number of hydrogen-bond acceptors (Lipinski definition) is 5. The van der Waals surface area contributed by atoms with Gasteiger partial charge in [-0.15, -0.1) is 0 Å². The molecule has 84 heavy (non-hydrogen) atoms. The van der Waals surface area contributed by atoms with Crippen LogP contribution in [0.5, 0.6) is 0 Å². The average molecular weight is 1180 g/mol. The molecule has 6 heteroatoms. The lowest BCUT2D eigenvalue weighted by Crippen LogP contribution is -2.45. The molecule has 0 aromatic carbocycles. The van der Waals surface area contributed by atoms with E-state index in [1.807, 2.05) is 0 Å². The van der Waals surface area contributed by atoms with Crippen molar-refractivity contribution in [3.63, 3.8) is 0 Å². The fourth-order valence-corrected chi connectivity index (χ4v) is 12.4. The van der Waals surface area contributed by atoms with Crippen LogP contribution >= 0.6 is 0 Å².